The molecule has 1 nitrogen and oxygen atoms in total. The van der Waals surface area contributed by atoms with Crippen LogP contribution in [0.5, 0.6) is 0 Å². The van der Waals surface area contributed by atoms with E-state index in [9.17, 15) is 8.78 Å². The van der Waals surface area contributed by atoms with E-state index in [1.807, 2.05) is 13.0 Å². The summed E-state index contributed by atoms with van der Waals surface area (Å²) in [6.07, 6.45) is 0. The Hall–Kier alpha value is -1.39. The van der Waals surface area contributed by atoms with Crippen molar-refractivity contribution in [3.8, 4) is 0 Å². The smallest absolute Gasteiger partial charge is 0.123 e. The van der Waals surface area contributed by atoms with E-state index >= 15 is 0 Å². The van der Waals surface area contributed by atoms with Gasteiger partial charge in [-0.3, -0.25) is 0 Å². The zero-order chi connectivity index (χ0) is 13.8. The Morgan fingerprint density at radius 2 is 1.68 bits per heavy atom. The predicted molar refractivity (Wildman–Crippen MR) is 75.0 cm³/mol. The summed E-state index contributed by atoms with van der Waals surface area (Å²) in [5, 5.41) is -0.0684. The van der Waals surface area contributed by atoms with E-state index in [1.165, 1.54) is 36.0 Å². The highest BCUT2D eigenvalue weighted by Gasteiger charge is 2.18. The van der Waals surface area contributed by atoms with Crippen LogP contribution in [0.15, 0.2) is 53.4 Å². The highest BCUT2D eigenvalue weighted by Crippen LogP contribution is 2.37. The van der Waals surface area contributed by atoms with Gasteiger partial charge in [-0.1, -0.05) is 12.1 Å². The van der Waals surface area contributed by atoms with Gasteiger partial charge in [0.1, 0.15) is 11.6 Å². The molecule has 0 heterocycles. The van der Waals surface area contributed by atoms with Crippen molar-refractivity contribution in [2.24, 2.45) is 5.73 Å². The van der Waals surface area contributed by atoms with Gasteiger partial charge in [0.15, 0.2) is 0 Å². The van der Waals surface area contributed by atoms with Gasteiger partial charge in [0.25, 0.3) is 0 Å². The third-order valence-corrected chi connectivity index (χ3v) is 4.23. The molecule has 2 rings (SSSR count). The van der Waals surface area contributed by atoms with Gasteiger partial charge in [-0.15, -0.1) is 11.8 Å². The minimum Gasteiger partial charge on any atom is -0.327 e. The number of halogens is 2. The fourth-order valence-corrected chi connectivity index (χ4v) is 2.91. The van der Waals surface area contributed by atoms with Crippen LogP contribution in [-0.4, -0.2) is 6.04 Å². The summed E-state index contributed by atoms with van der Waals surface area (Å²) in [6.45, 7) is 1.88. The molecular formula is C15H15F2NS. The Kier molecular flexibility index (Phi) is 4.56. The van der Waals surface area contributed by atoms with E-state index in [1.54, 1.807) is 18.2 Å². The third-order valence-electron chi connectivity index (χ3n) is 2.73. The van der Waals surface area contributed by atoms with E-state index < -0.39 is 0 Å². The lowest BCUT2D eigenvalue weighted by Gasteiger charge is -2.21. The van der Waals surface area contributed by atoms with Crippen LogP contribution in [0.4, 0.5) is 8.78 Å². The molecule has 0 fully saturated rings. The summed E-state index contributed by atoms with van der Waals surface area (Å²) in [5.41, 5.74) is 6.82. The molecule has 0 aliphatic heterocycles. The fraction of sp³-hybridized carbons (Fsp3) is 0.200. The maximum Gasteiger partial charge on any atom is 0.123 e. The van der Waals surface area contributed by atoms with Crippen molar-refractivity contribution in [2.45, 2.75) is 23.1 Å². The Labute approximate surface area is 115 Å². The average molecular weight is 279 g/mol. The molecule has 2 atom stereocenters. The molecule has 0 spiro atoms. The SMILES string of the molecule is CC(N)C(Sc1ccc(F)cc1)c1cccc(F)c1. The molecule has 0 aromatic heterocycles. The van der Waals surface area contributed by atoms with Crippen LogP contribution in [0.1, 0.15) is 17.7 Å². The first-order valence-electron chi connectivity index (χ1n) is 5.99. The van der Waals surface area contributed by atoms with Gasteiger partial charge in [0.05, 0.1) is 0 Å². The molecule has 19 heavy (non-hydrogen) atoms. The molecule has 2 N–H and O–H groups in total. The number of nitrogens with two attached hydrogens (primary N) is 1. The first kappa shape index (κ1) is 14.0. The number of rotatable bonds is 4. The minimum absolute atomic E-state index is 0.0684. The van der Waals surface area contributed by atoms with Crippen molar-refractivity contribution >= 4 is 11.8 Å². The van der Waals surface area contributed by atoms with Crippen molar-refractivity contribution < 1.29 is 8.78 Å². The molecule has 0 bridgehead atoms. The van der Waals surface area contributed by atoms with Gasteiger partial charge in [0, 0.05) is 16.2 Å². The summed E-state index contributed by atoms with van der Waals surface area (Å²) in [4.78, 5) is 0.910. The van der Waals surface area contributed by atoms with Gasteiger partial charge in [-0.25, -0.2) is 8.78 Å². The molecule has 4 heteroatoms. The van der Waals surface area contributed by atoms with Crippen molar-refractivity contribution in [2.75, 3.05) is 0 Å². The number of hydrogen-bond donors (Lipinski definition) is 1. The van der Waals surface area contributed by atoms with Gasteiger partial charge < -0.3 is 5.73 Å². The molecule has 100 valence electrons. The van der Waals surface area contributed by atoms with Crippen LogP contribution in [-0.2, 0) is 0 Å². The van der Waals surface area contributed by atoms with Gasteiger partial charge in [-0.2, -0.15) is 0 Å². The molecule has 2 aromatic carbocycles. The zero-order valence-electron chi connectivity index (χ0n) is 10.5. The maximum atomic E-state index is 13.3. The number of benzene rings is 2. The first-order chi connectivity index (χ1) is 9.06. The van der Waals surface area contributed by atoms with Gasteiger partial charge in [0.2, 0.25) is 0 Å². The standard InChI is InChI=1S/C15H15F2NS/c1-10(18)15(11-3-2-4-13(17)9-11)19-14-7-5-12(16)6-8-14/h2-10,15H,18H2,1H3. The second kappa shape index (κ2) is 6.17. The first-order valence-corrected chi connectivity index (χ1v) is 6.87. The second-order valence-electron chi connectivity index (χ2n) is 4.41. The van der Waals surface area contributed by atoms with Crippen molar-refractivity contribution in [3.63, 3.8) is 0 Å². The lowest BCUT2D eigenvalue weighted by atomic mass is 10.1. The van der Waals surface area contributed by atoms with Crippen molar-refractivity contribution in [1.82, 2.24) is 0 Å². The number of thioether (sulfide) groups is 1. The molecule has 2 aromatic rings. The average Bonchev–Trinajstić information content (AvgIpc) is 2.37. The maximum absolute atomic E-state index is 13.3. The molecule has 0 amide bonds. The summed E-state index contributed by atoms with van der Waals surface area (Å²) < 4.78 is 26.2. The molecule has 0 aliphatic rings. The van der Waals surface area contributed by atoms with Gasteiger partial charge >= 0.3 is 0 Å². The van der Waals surface area contributed by atoms with Crippen LogP contribution >= 0.6 is 11.8 Å². The van der Waals surface area contributed by atoms with Crippen molar-refractivity contribution in [3.05, 3.63) is 65.7 Å². The molecular weight excluding hydrogens is 264 g/mol. The van der Waals surface area contributed by atoms with E-state index in [4.69, 9.17) is 5.73 Å². The van der Waals surface area contributed by atoms with Crippen LogP contribution in [0.2, 0.25) is 0 Å². The van der Waals surface area contributed by atoms with Crippen LogP contribution in [0.3, 0.4) is 0 Å². The van der Waals surface area contributed by atoms with Crippen molar-refractivity contribution in [1.29, 1.82) is 0 Å². The van der Waals surface area contributed by atoms with E-state index in [0.717, 1.165) is 10.5 Å². The quantitative estimate of drug-likeness (QED) is 0.851. The summed E-state index contributed by atoms with van der Waals surface area (Å²) in [6, 6.07) is 12.5. The topological polar surface area (TPSA) is 26.0 Å². The molecule has 0 saturated carbocycles. The lowest BCUT2D eigenvalue weighted by Crippen LogP contribution is -2.22. The van der Waals surface area contributed by atoms with E-state index in [2.05, 4.69) is 0 Å². The minimum atomic E-state index is -0.275. The van der Waals surface area contributed by atoms with Crippen LogP contribution in [0, 0.1) is 11.6 Å². The largest absolute Gasteiger partial charge is 0.327 e. The highest BCUT2D eigenvalue weighted by molar-refractivity contribution is 7.99. The van der Waals surface area contributed by atoms with E-state index in [-0.39, 0.29) is 22.9 Å². The molecule has 0 saturated heterocycles. The summed E-state index contributed by atoms with van der Waals surface area (Å²) >= 11 is 1.51. The second-order valence-corrected chi connectivity index (χ2v) is 5.62. The van der Waals surface area contributed by atoms with Crippen LogP contribution < -0.4 is 5.73 Å². The number of hydrogen-bond acceptors (Lipinski definition) is 2. The predicted octanol–water partition coefficient (Wildman–Crippen LogP) is 4.15. The van der Waals surface area contributed by atoms with E-state index in [0.29, 0.717) is 0 Å². The van der Waals surface area contributed by atoms with Crippen LogP contribution in [0.25, 0.3) is 0 Å². The Bertz CT molecular complexity index is 540. The zero-order valence-corrected chi connectivity index (χ0v) is 11.3. The Morgan fingerprint density at radius 1 is 1.00 bits per heavy atom. The molecule has 0 aliphatic carbocycles. The molecule has 0 radical (unpaired) electrons. The summed E-state index contributed by atoms with van der Waals surface area (Å²) in [7, 11) is 0. The fourth-order valence-electron chi connectivity index (χ4n) is 1.82. The Morgan fingerprint density at radius 3 is 2.26 bits per heavy atom. The third kappa shape index (κ3) is 3.78. The Balaban J connectivity index is 2.23. The summed E-state index contributed by atoms with van der Waals surface area (Å²) in [5.74, 6) is -0.546. The highest BCUT2D eigenvalue weighted by atomic mass is 32.2. The monoisotopic (exact) mass is 279 g/mol. The lowest BCUT2D eigenvalue weighted by molar-refractivity contribution is 0.622. The van der Waals surface area contributed by atoms with Gasteiger partial charge in [-0.05, 0) is 48.9 Å². The molecule has 2 unspecified atom stereocenters. The normalized spacial score (nSPS) is 14.1.